The number of ether oxygens (including phenoxy) is 1. The van der Waals surface area contributed by atoms with Gasteiger partial charge in [-0.3, -0.25) is 0 Å². The second-order valence-corrected chi connectivity index (χ2v) is 5.43. The molecule has 2 rings (SSSR count). The van der Waals surface area contributed by atoms with Gasteiger partial charge in [-0.05, 0) is 30.5 Å². The third-order valence-electron chi connectivity index (χ3n) is 3.34. The van der Waals surface area contributed by atoms with Crippen LogP contribution in [0.5, 0.6) is 5.75 Å². The minimum Gasteiger partial charge on any atom is -0.481 e. The van der Waals surface area contributed by atoms with Gasteiger partial charge in [0.05, 0.1) is 6.10 Å². The largest absolute Gasteiger partial charge is 0.481 e. The maximum Gasteiger partial charge on any atom is 0.149 e. The lowest BCUT2D eigenvalue weighted by molar-refractivity contribution is 0.180. The smallest absolute Gasteiger partial charge is 0.149 e. The van der Waals surface area contributed by atoms with Crippen molar-refractivity contribution in [2.45, 2.75) is 25.4 Å². The van der Waals surface area contributed by atoms with Gasteiger partial charge in [0.1, 0.15) is 12.4 Å². The maximum absolute atomic E-state index is 10.0. The monoisotopic (exact) mass is 306 g/mol. The van der Waals surface area contributed by atoms with Crippen molar-refractivity contribution >= 4 is 0 Å². The topological polar surface area (TPSA) is 29.5 Å². The molecule has 0 bridgehead atoms. The molecular weight excluding hydrogens is 284 g/mol. The van der Waals surface area contributed by atoms with Gasteiger partial charge in [0, 0.05) is 6.42 Å². The van der Waals surface area contributed by atoms with Crippen LogP contribution in [-0.4, -0.2) is 17.8 Å². The van der Waals surface area contributed by atoms with E-state index in [-0.39, 0.29) is 0 Å². The van der Waals surface area contributed by atoms with Crippen LogP contribution in [-0.2, 0) is 6.42 Å². The summed E-state index contributed by atoms with van der Waals surface area (Å²) < 4.78 is 5.48. The van der Waals surface area contributed by atoms with E-state index in [2.05, 4.69) is 30.6 Å². The number of para-hydroxylation sites is 1. The molecule has 2 aromatic rings. The van der Waals surface area contributed by atoms with Gasteiger partial charge in [-0.1, -0.05) is 72.5 Å². The molecule has 0 saturated heterocycles. The molecule has 2 nitrogen and oxygen atoms in total. The van der Waals surface area contributed by atoms with E-state index in [1.54, 1.807) is 0 Å². The van der Waals surface area contributed by atoms with Crippen molar-refractivity contribution in [1.82, 2.24) is 0 Å². The molecule has 1 atom stereocenters. The van der Waals surface area contributed by atoms with Crippen LogP contribution in [0.4, 0.5) is 0 Å². The summed E-state index contributed by atoms with van der Waals surface area (Å²) in [6, 6.07) is 19.7. The van der Waals surface area contributed by atoms with Crippen LogP contribution in [0.25, 0.3) is 0 Å². The van der Waals surface area contributed by atoms with E-state index in [0.29, 0.717) is 19.4 Å². The molecule has 0 spiro atoms. The molecule has 0 amide bonds. The molecular formula is C21H22O2. The van der Waals surface area contributed by atoms with Crippen LogP contribution >= 0.6 is 0 Å². The van der Waals surface area contributed by atoms with Gasteiger partial charge in [0.25, 0.3) is 0 Å². The molecule has 0 saturated carbocycles. The highest BCUT2D eigenvalue weighted by Gasteiger charge is 2.05. The molecule has 0 aliphatic rings. The highest BCUT2D eigenvalue weighted by atomic mass is 16.5. The lowest BCUT2D eigenvalue weighted by Gasteiger charge is -2.10. The molecule has 23 heavy (non-hydrogen) atoms. The quantitative estimate of drug-likeness (QED) is 0.618. The normalized spacial score (nSPS) is 11.2. The summed E-state index contributed by atoms with van der Waals surface area (Å²) in [6.45, 7) is 4.38. The Bertz CT molecular complexity index is 650. The standard InChI is InChI=1S/C21H22O2/c1-18(16-19-10-4-2-5-11-19)17-20(22)12-8-9-15-23-21-13-6-3-7-14-21/h2-7,10-11,13-14,20,22H,1,12,15-17H2/t20-/m0/s1. The number of rotatable bonds is 7. The molecule has 2 aromatic carbocycles. The first kappa shape index (κ1) is 16.9. The van der Waals surface area contributed by atoms with Gasteiger partial charge in [-0.25, -0.2) is 0 Å². The van der Waals surface area contributed by atoms with Gasteiger partial charge < -0.3 is 9.84 Å². The van der Waals surface area contributed by atoms with E-state index < -0.39 is 6.10 Å². The maximum atomic E-state index is 10.0. The fourth-order valence-corrected chi connectivity index (χ4v) is 2.24. The fourth-order valence-electron chi connectivity index (χ4n) is 2.24. The van der Waals surface area contributed by atoms with E-state index in [9.17, 15) is 5.11 Å². The summed E-state index contributed by atoms with van der Waals surface area (Å²) in [5.41, 5.74) is 2.23. The van der Waals surface area contributed by atoms with Crippen LogP contribution in [0.2, 0.25) is 0 Å². The van der Waals surface area contributed by atoms with Crippen LogP contribution in [0.3, 0.4) is 0 Å². The number of aliphatic hydroxyl groups is 1. The Morgan fingerprint density at radius 1 is 1.00 bits per heavy atom. The van der Waals surface area contributed by atoms with Gasteiger partial charge in [0.15, 0.2) is 0 Å². The zero-order chi connectivity index (χ0) is 16.3. The third kappa shape index (κ3) is 6.86. The van der Waals surface area contributed by atoms with E-state index in [0.717, 1.165) is 17.7 Å². The van der Waals surface area contributed by atoms with Crippen molar-refractivity contribution in [2.24, 2.45) is 0 Å². The van der Waals surface area contributed by atoms with Crippen molar-refractivity contribution < 1.29 is 9.84 Å². The Morgan fingerprint density at radius 3 is 2.35 bits per heavy atom. The minimum atomic E-state index is -0.476. The summed E-state index contributed by atoms with van der Waals surface area (Å²) in [4.78, 5) is 0. The predicted octanol–water partition coefficient (Wildman–Crippen LogP) is 4.01. The van der Waals surface area contributed by atoms with E-state index in [1.165, 1.54) is 5.56 Å². The molecule has 0 radical (unpaired) electrons. The summed E-state index contributed by atoms with van der Waals surface area (Å²) in [5.74, 6) is 6.69. The Labute approximate surface area is 138 Å². The van der Waals surface area contributed by atoms with E-state index in [1.807, 2.05) is 48.5 Å². The number of benzene rings is 2. The second-order valence-electron chi connectivity index (χ2n) is 5.43. The van der Waals surface area contributed by atoms with Gasteiger partial charge in [-0.15, -0.1) is 0 Å². The van der Waals surface area contributed by atoms with Crippen LogP contribution in [0, 0.1) is 11.8 Å². The second kappa shape index (κ2) is 9.50. The van der Waals surface area contributed by atoms with Gasteiger partial charge >= 0.3 is 0 Å². The molecule has 0 aliphatic carbocycles. The van der Waals surface area contributed by atoms with Gasteiger partial charge in [-0.2, -0.15) is 0 Å². The molecule has 1 N–H and O–H groups in total. The van der Waals surface area contributed by atoms with Crippen LogP contribution in [0.15, 0.2) is 72.8 Å². The lowest BCUT2D eigenvalue weighted by atomic mass is 10.0. The van der Waals surface area contributed by atoms with Gasteiger partial charge in [0.2, 0.25) is 0 Å². The molecule has 0 aliphatic heterocycles. The first-order valence-corrected chi connectivity index (χ1v) is 7.76. The average molecular weight is 306 g/mol. The van der Waals surface area contributed by atoms with Crippen molar-refractivity contribution in [3.8, 4) is 17.6 Å². The fraction of sp³-hybridized carbons (Fsp3) is 0.238. The number of hydrogen-bond donors (Lipinski definition) is 1. The predicted molar refractivity (Wildman–Crippen MR) is 94.2 cm³/mol. The number of hydrogen-bond acceptors (Lipinski definition) is 2. The first-order chi connectivity index (χ1) is 11.2. The molecule has 0 unspecified atom stereocenters. The lowest BCUT2D eigenvalue weighted by Crippen LogP contribution is -2.07. The molecule has 118 valence electrons. The Morgan fingerprint density at radius 2 is 1.65 bits per heavy atom. The summed E-state index contributed by atoms with van der Waals surface area (Å²) in [5, 5.41) is 10.0. The zero-order valence-electron chi connectivity index (χ0n) is 13.2. The van der Waals surface area contributed by atoms with Crippen molar-refractivity contribution in [3.63, 3.8) is 0 Å². The first-order valence-electron chi connectivity index (χ1n) is 7.76. The summed E-state index contributed by atoms with van der Waals surface area (Å²) >= 11 is 0. The third-order valence-corrected chi connectivity index (χ3v) is 3.34. The van der Waals surface area contributed by atoms with Crippen molar-refractivity contribution in [3.05, 3.63) is 78.4 Å². The highest BCUT2D eigenvalue weighted by Crippen LogP contribution is 2.13. The SMILES string of the molecule is C=C(Cc1ccccc1)C[C@@H](O)CC#CCOc1ccccc1. The summed E-state index contributed by atoms with van der Waals surface area (Å²) in [6.07, 6.45) is 1.33. The minimum absolute atomic E-state index is 0.335. The van der Waals surface area contributed by atoms with E-state index in [4.69, 9.17) is 4.74 Å². The molecule has 0 heterocycles. The van der Waals surface area contributed by atoms with Crippen LogP contribution < -0.4 is 4.74 Å². The molecule has 2 heteroatoms. The Hall–Kier alpha value is -2.50. The Kier molecular flexibility index (Phi) is 6.97. The van der Waals surface area contributed by atoms with Crippen molar-refractivity contribution in [2.75, 3.05) is 6.61 Å². The summed E-state index contributed by atoms with van der Waals surface area (Å²) in [7, 11) is 0. The van der Waals surface area contributed by atoms with Crippen molar-refractivity contribution in [1.29, 1.82) is 0 Å². The molecule has 0 aromatic heterocycles. The Balaban J connectivity index is 1.66. The number of aliphatic hydroxyl groups excluding tert-OH is 1. The zero-order valence-corrected chi connectivity index (χ0v) is 13.2. The van der Waals surface area contributed by atoms with E-state index >= 15 is 0 Å². The highest BCUT2D eigenvalue weighted by molar-refractivity contribution is 5.22. The van der Waals surface area contributed by atoms with Crippen LogP contribution in [0.1, 0.15) is 18.4 Å². The molecule has 0 fully saturated rings. The average Bonchev–Trinajstić information content (AvgIpc) is 2.56.